The molecule has 3 aromatic rings. The van der Waals surface area contributed by atoms with E-state index in [1.807, 2.05) is 0 Å². The largest absolute Gasteiger partial charge is 0.332 e. The molecule has 2 heterocycles. The Balaban J connectivity index is 1.69. The van der Waals surface area contributed by atoms with Gasteiger partial charge >= 0.3 is 0 Å². The molecule has 1 aromatic carbocycles. The fourth-order valence-corrected chi connectivity index (χ4v) is 3.53. The molecule has 0 bridgehead atoms. The lowest BCUT2D eigenvalue weighted by molar-refractivity contribution is -0.117. The summed E-state index contributed by atoms with van der Waals surface area (Å²) < 4.78 is 46.0. The van der Waals surface area contributed by atoms with E-state index in [-0.39, 0.29) is 28.9 Å². The molecule has 0 amide bonds. The number of ketones is 1. The molecule has 0 atom stereocenters. The smallest absolute Gasteiger partial charge is 0.280 e. The van der Waals surface area contributed by atoms with Crippen molar-refractivity contribution in [2.24, 2.45) is 0 Å². The van der Waals surface area contributed by atoms with E-state index in [1.54, 1.807) is 6.07 Å². The summed E-state index contributed by atoms with van der Waals surface area (Å²) >= 11 is 6.18. The zero-order valence-electron chi connectivity index (χ0n) is 14.6. The number of hydrogen-bond acceptors (Lipinski definition) is 5. The van der Waals surface area contributed by atoms with Crippen LogP contribution in [0.1, 0.15) is 43.3 Å². The van der Waals surface area contributed by atoms with E-state index in [9.17, 15) is 18.0 Å². The van der Waals surface area contributed by atoms with Crippen molar-refractivity contribution in [2.75, 3.05) is 0 Å². The summed E-state index contributed by atoms with van der Waals surface area (Å²) in [4.78, 5) is 15.6. The Bertz CT molecular complexity index is 1060. The molecule has 0 aliphatic heterocycles. The van der Waals surface area contributed by atoms with Gasteiger partial charge in [0.05, 0.1) is 12.0 Å². The highest BCUT2D eigenvalue weighted by atomic mass is 35.5. The Morgan fingerprint density at radius 3 is 2.71 bits per heavy atom. The molecule has 1 saturated carbocycles. The first-order chi connectivity index (χ1) is 13.3. The average molecular weight is 411 g/mol. The SMILES string of the molecule is CC(=O)Cn1nc(-c2nc(C3(c4ccc(F)cc4Cl)CC3)no2)cc1C(F)F. The summed E-state index contributed by atoms with van der Waals surface area (Å²) in [6.45, 7) is 1.00. The van der Waals surface area contributed by atoms with E-state index in [1.165, 1.54) is 19.1 Å². The fourth-order valence-electron chi connectivity index (χ4n) is 3.19. The van der Waals surface area contributed by atoms with Crippen molar-refractivity contribution in [1.29, 1.82) is 0 Å². The zero-order chi connectivity index (χ0) is 20.1. The Labute approximate surface area is 162 Å². The minimum atomic E-state index is -2.81. The zero-order valence-corrected chi connectivity index (χ0v) is 15.4. The van der Waals surface area contributed by atoms with Crippen LogP contribution < -0.4 is 0 Å². The van der Waals surface area contributed by atoms with Gasteiger partial charge < -0.3 is 4.52 Å². The molecule has 0 saturated heterocycles. The van der Waals surface area contributed by atoms with Crippen LogP contribution in [0.5, 0.6) is 0 Å². The van der Waals surface area contributed by atoms with Crippen LogP contribution in [0.15, 0.2) is 28.8 Å². The van der Waals surface area contributed by atoms with Crippen molar-refractivity contribution in [2.45, 2.75) is 38.2 Å². The molecule has 0 radical (unpaired) electrons. The van der Waals surface area contributed by atoms with Gasteiger partial charge in [0.1, 0.15) is 11.5 Å². The van der Waals surface area contributed by atoms with E-state index in [0.29, 0.717) is 24.2 Å². The summed E-state index contributed by atoms with van der Waals surface area (Å²) in [5.41, 5.74) is -0.276. The highest BCUT2D eigenvalue weighted by Gasteiger charge is 2.51. The number of hydrogen-bond donors (Lipinski definition) is 0. The summed E-state index contributed by atoms with van der Waals surface area (Å²) in [6, 6.07) is 5.23. The normalized spacial score (nSPS) is 15.2. The van der Waals surface area contributed by atoms with Gasteiger partial charge in [0, 0.05) is 5.02 Å². The first-order valence-electron chi connectivity index (χ1n) is 8.45. The van der Waals surface area contributed by atoms with E-state index < -0.39 is 23.4 Å². The van der Waals surface area contributed by atoms with Crippen molar-refractivity contribution >= 4 is 17.4 Å². The third-order valence-electron chi connectivity index (χ3n) is 4.68. The Hall–Kier alpha value is -2.68. The summed E-state index contributed by atoms with van der Waals surface area (Å²) in [5, 5.41) is 8.23. The number of halogens is 4. The minimum absolute atomic E-state index is 0.0382. The highest BCUT2D eigenvalue weighted by Crippen LogP contribution is 2.54. The van der Waals surface area contributed by atoms with Crippen LogP contribution in [0.2, 0.25) is 5.02 Å². The number of aromatic nitrogens is 4. The van der Waals surface area contributed by atoms with Crippen LogP contribution in [0.3, 0.4) is 0 Å². The number of benzene rings is 1. The van der Waals surface area contributed by atoms with Gasteiger partial charge in [-0.05, 0) is 43.5 Å². The van der Waals surface area contributed by atoms with Crippen molar-refractivity contribution < 1.29 is 22.5 Å². The number of carbonyl (C=O) groups excluding carboxylic acids is 1. The maximum absolute atomic E-state index is 13.3. The van der Waals surface area contributed by atoms with Crippen molar-refractivity contribution in [3.05, 3.63) is 52.2 Å². The van der Waals surface area contributed by atoms with Crippen molar-refractivity contribution in [3.63, 3.8) is 0 Å². The number of Topliss-reactive ketones (excluding diaryl/α,β-unsaturated/α-hetero) is 1. The van der Waals surface area contributed by atoms with E-state index in [0.717, 1.165) is 10.7 Å². The van der Waals surface area contributed by atoms with Gasteiger partial charge in [-0.1, -0.05) is 22.8 Å². The van der Waals surface area contributed by atoms with Crippen LogP contribution in [0.25, 0.3) is 11.6 Å². The van der Waals surface area contributed by atoms with Crippen LogP contribution in [0, 0.1) is 5.82 Å². The molecule has 4 rings (SSSR count). The molecule has 1 fully saturated rings. The number of rotatable bonds is 6. The van der Waals surface area contributed by atoms with Crippen LogP contribution in [0.4, 0.5) is 13.2 Å². The van der Waals surface area contributed by atoms with E-state index in [2.05, 4.69) is 15.2 Å². The van der Waals surface area contributed by atoms with Gasteiger partial charge in [-0.3, -0.25) is 9.48 Å². The molecule has 28 heavy (non-hydrogen) atoms. The van der Waals surface area contributed by atoms with Gasteiger partial charge in [-0.2, -0.15) is 10.1 Å². The molecule has 1 aliphatic rings. The third kappa shape index (κ3) is 3.19. The molecular weight excluding hydrogens is 397 g/mol. The topological polar surface area (TPSA) is 73.8 Å². The van der Waals surface area contributed by atoms with Gasteiger partial charge in [0.15, 0.2) is 17.3 Å². The molecule has 0 N–H and O–H groups in total. The molecular formula is C18H14ClF3N4O2. The molecule has 1 aliphatic carbocycles. The Morgan fingerprint density at radius 2 is 2.11 bits per heavy atom. The fraction of sp³-hybridized carbons (Fsp3) is 0.333. The van der Waals surface area contributed by atoms with E-state index >= 15 is 0 Å². The van der Waals surface area contributed by atoms with Crippen LogP contribution >= 0.6 is 11.6 Å². The predicted octanol–water partition coefficient (Wildman–Crippen LogP) is 4.33. The second-order valence-electron chi connectivity index (χ2n) is 6.74. The summed E-state index contributed by atoms with van der Waals surface area (Å²) in [7, 11) is 0. The number of carbonyl (C=O) groups is 1. The van der Waals surface area contributed by atoms with Gasteiger partial charge in [0.25, 0.3) is 12.3 Å². The first-order valence-corrected chi connectivity index (χ1v) is 8.83. The standard InChI is InChI=1S/C18H14ClF3N4O2/c1-9(27)8-26-14(15(21)22)7-13(24-26)16-23-17(25-28-16)18(4-5-18)11-3-2-10(20)6-12(11)19/h2-3,6-7,15H,4-5,8H2,1H3. The molecule has 2 aromatic heterocycles. The second kappa shape index (κ2) is 6.73. The first kappa shape index (κ1) is 18.7. The lowest BCUT2D eigenvalue weighted by atomic mass is 9.95. The van der Waals surface area contributed by atoms with Gasteiger partial charge in [0.2, 0.25) is 0 Å². The van der Waals surface area contributed by atoms with Crippen LogP contribution in [-0.4, -0.2) is 25.7 Å². The van der Waals surface area contributed by atoms with Gasteiger partial charge in [-0.25, -0.2) is 13.2 Å². The lowest BCUT2D eigenvalue weighted by Crippen LogP contribution is -2.12. The Morgan fingerprint density at radius 1 is 1.36 bits per heavy atom. The summed E-state index contributed by atoms with van der Waals surface area (Å²) in [5.74, 6) is -0.473. The van der Waals surface area contributed by atoms with E-state index in [4.69, 9.17) is 16.1 Å². The Kier molecular flexibility index (Phi) is 4.49. The van der Waals surface area contributed by atoms with Crippen molar-refractivity contribution in [1.82, 2.24) is 19.9 Å². The van der Waals surface area contributed by atoms with Gasteiger partial charge in [-0.15, -0.1) is 0 Å². The maximum atomic E-state index is 13.3. The molecule has 0 spiro atoms. The minimum Gasteiger partial charge on any atom is -0.332 e. The molecule has 6 nitrogen and oxygen atoms in total. The number of alkyl halides is 2. The van der Waals surface area contributed by atoms with Crippen LogP contribution in [-0.2, 0) is 16.8 Å². The predicted molar refractivity (Wildman–Crippen MR) is 92.6 cm³/mol. The summed E-state index contributed by atoms with van der Waals surface area (Å²) in [6.07, 6.45) is -1.42. The van der Waals surface area contributed by atoms with Crippen molar-refractivity contribution in [3.8, 4) is 11.6 Å². The maximum Gasteiger partial charge on any atom is 0.280 e. The lowest BCUT2D eigenvalue weighted by Gasteiger charge is -2.12. The quantitative estimate of drug-likeness (QED) is 0.604. The monoisotopic (exact) mass is 410 g/mol. The second-order valence-corrected chi connectivity index (χ2v) is 7.15. The molecule has 0 unspecified atom stereocenters. The molecule has 146 valence electrons. The third-order valence-corrected chi connectivity index (χ3v) is 4.99. The molecule has 10 heteroatoms. The number of nitrogens with zero attached hydrogens (tertiary/aromatic N) is 4. The average Bonchev–Trinajstić information content (AvgIpc) is 3.07. The highest BCUT2D eigenvalue weighted by molar-refractivity contribution is 6.31.